The molecule has 0 spiro atoms. The first-order chi connectivity index (χ1) is 8.13. The van der Waals surface area contributed by atoms with Gasteiger partial charge in [0.25, 0.3) is 0 Å². The van der Waals surface area contributed by atoms with E-state index < -0.39 is 5.82 Å². The number of nitrogens with zero attached hydrogens (tertiary/aromatic N) is 2. The zero-order chi connectivity index (χ0) is 12.4. The fraction of sp³-hybridized carbons (Fsp3) is 0.167. The summed E-state index contributed by atoms with van der Waals surface area (Å²) in [5, 5.41) is 3.91. The Kier molecular flexibility index (Phi) is 2.91. The Morgan fingerprint density at radius 2 is 2.18 bits per heavy atom. The molecule has 0 saturated heterocycles. The lowest BCUT2D eigenvalue weighted by Gasteiger charge is -2.05. The smallest absolute Gasteiger partial charge is 0.211 e. The Labute approximate surface area is 97.6 Å². The van der Waals surface area contributed by atoms with Gasteiger partial charge in [0.2, 0.25) is 5.78 Å². The van der Waals surface area contributed by atoms with Gasteiger partial charge in [-0.15, -0.1) is 0 Å². The number of rotatable bonds is 3. The maximum atomic E-state index is 13.2. The van der Waals surface area contributed by atoms with Crippen LogP contribution >= 0.6 is 0 Å². The fourth-order valence-electron chi connectivity index (χ4n) is 1.55. The van der Waals surface area contributed by atoms with Gasteiger partial charge in [0.05, 0.1) is 7.11 Å². The van der Waals surface area contributed by atoms with Crippen molar-refractivity contribution in [1.82, 2.24) is 9.78 Å². The van der Waals surface area contributed by atoms with E-state index in [-0.39, 0.29) is 11.5 Å². The molecule has 0 aliphatic carbocycles. The Morgan fingerprint density at radius 1 is 1.41 bits per heavy atom. The first-order valence-electron chi connectivity index (χ1n) is 4.99. The van der Waals surface area contributed by atoms with Gasteiger partial charge in [0, 0.05) is 18.8 Å². The Morgan fingerprint density at radius 3 is 2.76 bits per heavy atom. The van der Waals surface area contributed by atoms with E-state index in [4.69, 9.17) is 4.74 Å². The predicted octanol–water partition coefficient (Wildman–Crippen LogP) is 1.80. The summed E-state index contributed by atoms with van der Waals surface area (Å²) in [4.78, 5) is 12.1. The number of carbonyl (C=O) groups is 1. The molecule has 88 valence electrons. The molecule has 0 aliphatic heterocycles. The largest absolute Gasteiger partial charge is 0.494 e. The van der Waals surface area contributed by atoms with Gasteiger partial charge in [0.1, 0.15) is 5.69 Å². The predicted molar refractivity (Wildman–Crippen MR) is 59.6 cm³/mol. The van der Waals surface area contributed by atoms with E-state index in [9.17, 15) is 9.18 Å². The molecule has 0 fully saturated rings. The molecule has 0 aliphatic rings. The van der Waals surface area contributed by atoms with Crippen LogP contribution in [-0.4, -0.2) is 22.7 Å². The topological polar surface area (TPSA) is 44.1 Å². The van der Waals surface area contributed by atoms with Crippen LogP contribution in [0.5, 0.6) is 5.75 Å². The lowest BCUT2D eigenvalue weighted by atomic mass is 10.1. The molecule has 1 heterocycles. The van der Waals surface area contributed by atoms with Crippen molar-refractivity contribution >= 4 is 5.78 Å². The highest BCUT2D eigenvalue weighted by atomic mass is 19.1. The second-order valence-electron chi connectivity index (χ2n) is 3.52. The van der Waals surface area contributed by atoms with Crippen molar-refractivity contribution in [3.8, 4) is 5.75 Å². The van der Waals surface area contributed by atoms with Gasteiger partial charge in [-0.1, -0.05) is 0 Å². The average Bonchev–Trinajstić information content (AvgIpc) is 2.75. The second kappa shape index (κ2) is 4.37. The summed E-state index contributed by atoms with van der Waals surface area (Å²) in [6, 6.07) is 5.62. The van der Waals surface area contributed by atoms with Crippen LogP contribution in [0.4, 0.5) is 4.39 Å². The van der Waals surface area contributed by atoms with E-state index in [1.165, 1.54) is 36.2 Å². The third-order valence-corrected chi connectivity index (χ3v) is 2.47. The highest BCUT2D eigenvalue weighted by Crippen LogP contribution is 2.20. The molecule has 1 aromatic carbocycles. The summed E-state index contributed by atoms with van der Waals surface area (Å²) in [7, 11) is 3.03. The monoisotopic (exact) mass is 234 g/mol. The number of benzene rings is 1. The summed E-state index contributed by atoms with van der Waals surface area (Å²) >= 11 is 0. The van der Waals surface area contributed by atoms with Crippen molar-refractivity contribution in [2.75, 3.05) is 7.11 Å². The van der Waals surface area contributed by atoms with Gasteiger partial charge in [-0.25, -0.2) is 4.39 Å². The van der Waals surface area contributed by atoms with Crippen molar-refractivity contribution in [3.05, 3.63) is 47.5 Å². The Bertz CT molecular complexity index is 563. The van der Waals surface area contributed by atoms with Crippen molar-refractivity contribution in [3.63, 3.8) is 0 Å². The van der Waals surface area contributed by atoms with Gasteiger partial charge >= 0.3 is 0 Å². The van der Waals surface area contributed by atoms with Gasteiger partial charge in [-0.05, 0) is 24.3 Å². The van der Waals surface area contributed by atoms with E-state index in [1.54, 1.807) is 13.1 Å². The van der Waals surface area contributed by atoms with Gasteiger partial charge in [0.15, 0.2) is 11.6 Å². The summed E-state index contributed by atoms with van der Waals surface area (Å²) in [5.74, 6) is -0.657. The molecule has 1 aromatic heterocycles. The maximum Gasteiger partial charge on any atom is 0.211 e. The minimum Gasteiger partial charge on any atom is -0.494 e. The van der Waals surface area contributed by atoms with Crippen LogP contribution < -0.4 is 4.74 Å². The van der Waals surface area contributed by atoms with E-state index in [0.717, 1.165) is 0 Å². The number of methoxy groups -OCH3 is 1. The third kappa shape index (κ3) is 2.04. The lowest BCUT2D eigenvalue weighted by Crippen LogP contribution is -2.08. The molecule has 0 radical (unpaired) electrons. The van der Waals surface area contributed by atoms with E-state index >= 15 is 0 Å². The standard InChI is InChI=1S/C12H11FN2O2/c1-15-10(5-6-14-15)12(16)8-3-4-9(13)11(7-8)17-2/h3-7H,1-2H3. The highest BCUT2D eigenvalue weighted by molar-refractivity contribution is 6.08. The third-order valence-electron chi connectivity index (χ3n) is 2.47. The van der Waals surface area contributed by atoms with Crippen LogP contribution in [0.3, 0.4) is 0 Å². The number of hydrogen-bond acceptors (Lipinski definition) is 3. The number of carbonyl (C=O) groups excluding carboxylic acids is 1. The zero-order valence-electron chi connectivity index (χ0n) is 9.48. The van der Waals surface area contributed by atoms with Crippen molar-refractivity contribution in [1.29, 1.82) is 0 Å². The minimum atomic E-state index is -0.492. The van der Waals surface area contributed by atoms with Crippen LogP contribution in [0.15, 0.2) is 30.5 Å². The van der Waals surface area contributed by atoms with E-state index in [0.29, 0.717) is 11.3 Å². The number of halogens is 1. The summed E-state index contributed by atoms with van der Waals surface area (Å²) in [6.07, 6.45) is 1.54. The molecule has 2 aromatic rings. The number of ketones is 1. The second-order valence-corrected chi connectivity index (χ2v) is 3.52. The Balaban J connectivity index is 2.41. The molecule has 17 heavy (non-hydrogen) atoms. The van der Waals surface area contributed by atoms with Crippen LogP contribution in [0.2, 0.25) is 0 Å². The van der Waals surface area contributed by atoms with Crippen molar-refractivity contribution in [2.24, 2.45) is 7.05 Å². The van der Waals surface area contributed by atoms with Crippen LogP contribution in [0.1, 0.15) is 16.1 Å². The summed E-state index contributed by atoms with van der Waals surface area (Å²) in [6.45, 7) is 0. The molecule has 2 rings (SSSR count). The zero-order valence-corrected chi connectivity index (χ0v) is 9.48. The first-order valence-corrected chi connectivity index (χ1v) is 4.99. The lowest BCUT2D eigenvalue weighted by molar-refractivity contribution is 0.103. The van der Waals surface area contributed by atoms with E-state index in [2.05, 4.69) is 5.10 Å². The van der Waals surface area contributed by atoms with Gasteiger partial charge < -0.3 is 4.74 Å². The fourth-order valence-corrected chi connectivity index (χ4v) is 1.55. The molecule has 0 bridgehead atoms. The highest BCUT2D eigenvalue weighted by Gasteiger charge is 2.14. The average molecular weight is 234 g/mol. The first kappa shape index (κ1) is 11.3. The normalized spacial score (nSPS) is 10.3. The molecular weight excluding hydrogens is 223 g/mol. The summed E-state index contributed by atoms with van der Waals surface area (Å²) < 4.78 is 19.5. The van der Waals surface area contributed by atoms with Crippen LogP contribution in [-0.2, 0) is 7.05 Å². The molecule has 0 saturated carbocycles. The molecule has 4 nitrogen and oxygen atoms in total. The van der Waals surface area contributed by atoms with Crippen LogP contribution in [0.25, 0.3) is 0 Å². The number of hydrogen-bond donors (Lipinski definition) is 0. The SMILES string of the molecule is COc1cc(C(=O)c2ccnn2C)ccc1F. The quantitative estimate of drug-likeness (QED) is 0.760. The number of aromatic nitrogens is 2. The Hall–Kier alpha value is -2.17. The molecule has 5 heteroatoms. The van der Waals surface area contributed by atoms with Crippen molar-refractivity contribution < 1.29 is 13.9 Å². The molecule has 0 amide bonds. The molecule has 0 atom stereocenters. The van der Waals surface area contributed by atoms with Crippen LogP contribution in [0, 0.1) is 5.82 Å². The van der Waals surface area contributed by atoms with Crippen molar-refractivity contribution in [2.45, 2.75) is 0 Å². The molecule has 0 N–H and O–H groups in total. The summed E-state index contributed by atoms with van der Waals surface area (Å²) in [5.41, 5.74) is 0.811. The maximum absolute atomic E-state index is 13.2. The van der Waals surface area contributed by atoms with Gasteiger partial charge in [-0.2, -0.15) is 5.10 Å². The van der Waals surface area contributed by atoms with Gasteiger partial charge in [-0.3, -0.25) is 9.48 Å². The minimum absolute atomic E-state index is 0.0537. The number of ether oxygens (including phenoxy) is 1. The number of aryl methyl sites for hydroxylation is 1. The molecule has 0 unspecified atom stereocenters. The van der Waals surface area contributed by atoms with E-state index in [1.807, 2.05) is 0 Å². The molecular formula is C12H11FN2O2.